The summed E-state index contributed by atoms with van der Waals surface area (Å²) in [5.41, 5.74) is 2.67. The number of methoxy groups -OCH3 is 2. The number of nitrogens with zero attached hydrogens (tertiary/aromatic N) is 1. The van der Waals surface area contributed by atoms with Gasteiger partial charge < -0.3 is 19.7 Å². The first-order valence-corrected chi connectivity index (χ1v) is 9.09. The second kappa shape index (κ2) is 7.58. The molecule has 0 saturated heterocycles. The molecule has 1 aromatic rings. The Bertz CT molecular complexity index is 714. The van der Waals surface area contributed by atoms with Gasteiger partial charge in [-0.3, -0.25) is 4.90 Å². The minimum Gasteiger partial charge on any atom is -0.497 e. The molecule has 26 heavy (non-hydrogen) atoms. The molecule has 6 nitrogen and oxygen atoms in total. The molecule has 0 radical (unpaired) electrons. The molecule has 3 atom stereocenters. The van der Waals surface area contributed by atoms with E-state index in [0.717, 1.165) is 36.1 Å². The van der Waals surface area contributed by atoms with Crippen LogP contribution < -0.4 is 9.47 Å². The Labute approximate surface area is 154 Å². The maximum atomic E-state index is 12.0. The number of allylic oxidation sites excluding steroid dienone is 2. The highest BCUT2D eigenvalue weighted by Crippen LogP contribution is 2.42. The Balaban J connectivity index is 2.07. The van der Waals surface area contributed by atoms with Crippen molar-refractivity contribution in [3.05, 3.63) is 35.0 Å². The summed E-state index contributed by atoms with van der Waals surface area (Å²) in [6.45, 7) is 2.30. The summed E-state index contributed by atoms with van der Waals surface area (Å²) in [6.07, 6.45) is 3.90. The van der Waals surface area contributed by atoms with Crippen molar-refractivity contribution in [1.29, 1.82) is 0 Å². The average Bonchev–Trinajstić information content (AvgIpc) is 2.77. The fourth-order valence-corrected chi connectivity index (χ4v) is 4.25. The summed E-state index contributed by atoms with van der Waals surface area (Å²) in [7, 11) is 3.20. The number of benzene rings is 1. The van der Waals surface area contributed by atoms with Gasteiger partial charge in [-0.05, 0) is 30.9 Å². The predicted molar refractivity (Wildman–Crippen MR) is 97.6 cm³/mol. The maximum absolute atomic E-state index is 12.0. The smallest absolute Gasteiger partial charge is 0.411 e. The number of fused-ring (bicyclic) bond motifs is 1. The summed E-state index contributed by atoms with van der Waals surface area (Å²) >= 11 is 0. The lowest BCUT2D eigenvalue weighted by Crippen LogP contribution is -2.34. The molecule has 1 aliphatic carbocycles. The standard InChI is InChI=1S/C20H27NO5/c1-12-7-17(13-5-4-6-15(22)8-13)21(20(23)24)11-14-9-16(25-2)10-18(26-3)19(12)14/h7,9-10,12-13,15,22H,4-6,8,11H2,1-3H3,(H,23,24). The van der Waals surface area contributed by atoms with Gasteiger partial charge in [0.1, 0.15) is 11.5 Å². The molecular weight excluding hydrogens is 334 g/mol. The van der Waals surface area contributed by atoms with Crippen molar-refractivity contribution < 1.29 is 24.5 Å². The van der Waals surface area contributed by atoms with Crippen molar-refractivity contribution in [3.63, 3.8) is 0 Å². The van der Waals surface area contributed by atoms with Crippen molar-refractivity contribution >= 4 is 6.09 Å². The van der Waals surface area contributed by atoms with E-state index in [-0.39, 0.29) is 24.5 Å². The third kappa shape index (κ3) is 3.51. The Morgan fingerprint density at radius 1 is 1.23 bits per heavy atom. The van der Waals surface area contributed by atoms with Crippen molar-refractivity contribution in [1.82, 2.24) is 4.90 Å². The summed E-state index contributed by atoms with van der Waals surface area (Å²) in [6, 6.07) is 3.72. The van der Waals surface area contributed by atoms with Crippen LogP contribution in [-0.4, -0.2) is 41.5 Å². The molecular formula is C20H27NO5. The topological polar surface area (TPSA) is 79.2 Å². The lowest BCUT2D eigenvalue weighted by Gasteiger charge is -2.32. The number of carbonyl (C=O) groups is 1. The van der Waals surface area contributed by atoms with Crippen molar-refractivity contribution in [2.75, 3.05) is 14.2 Å². The van der Waals surface area contributed by atoms with Gasteiger partial charge in [-0.2, -0.15) is 0 Å². The second-order valence-corrected chi connectivity index (χ2v) is 7.17. The molecule has 0 spiro atoms. The lowest BCUT2D eigenvalue weighted by atomic mass is 9.83. The Hall–Kier alpha value is -2.21. The molecule has 142 valence electrons. The number of amides is 1. The summed E-state index contributed by atoms with van der Waals surface area (Å²) in [5.74, 6) is 1.41. The van der Waals surface area contributed by atoms with Crippen molar-refractivity contribution in [2.24, 2.45) is 5.92 Å². The second-order valence-electron chi connectivity index (χ2n) is 7.17. The van der Waals surface area contributed by atoms with Gasteiger partial charge in [0.15, 0.2) is 0 Å². The van der Waals surface area contributed by atoms with Gasteiger partial charge in [0.05, 0.1) is 26.9 Å². The fourth-order valence-electron chi connectivity index (χ4n) is 4.25. The summed E-state index contributed by atoms with van der Waals surface area (Å²) < 4.78 is 10.9. The van der Waals surface area contributed by atoms with Gasteiger partial charge in [-0.1, -0.05) is 19.4 Å². The van der Waals surface area contributed by atoms with Crippen LogP contribution in [0.15, 0.2) is 23.9 Å². The van der Waals surface area contributed by atoms with E-state index in [1.54, 1.807) is 14.2 Å². The van der Waals surface area contributed by atoms with Crippen molar-refractivity contribution in [2.45, 2.75) is 51.2 Å². The lowest BCUT2D eigenvalue weighted by molar-refractivity contribution is 0.0964. The number of hydrogen-bond acceptors (Lipinski definition) is 4. The number of aliphatic hydroxyl groups is 1. The van der Waals surface area contributed by atoms with Crippen molar-refractivity contribution in [3.8, 4) is 11.5 Å². The van der Waals surface area contributed by atoms with Gasteiger partial charge in [-0.25, -0.2) is 4.79 Å². The van der Waals surface area contributed by atoms with E-state index < -0.39 is 6.09 Å². The van der Waals surface area contributed by atoms with E-state index in [1.165, 1.54) is 4.90 Å². The van der Waals surface area contributed by atoms with Crippen LogP contribution in [0.5, 0.6) is 11.5 Å². The van der Waals surface area contributed by atoms with Gasteiger partial charge in [0.25, 0.3) is 0 Å². The summed E-state index contributed by atoms with van der Waals surface area (Å²) in [5, 5.41) is 19.9. The van der Waals surface area contributed by atoms with E-state index in [2.05, 4.69) is 6.92 Å². The largest absolute Gasteiger partial charge is 0.497 e. The van der Waals surface area contributed by atoms with E-state index in [9.17, 15) is 15.0 Å². The number of carboxylic acid groups (broad SMARTS) is 1. The first-order chi connectivity index (χ1) is 12.4. The zero-order valence-corrected chi connectivity index (χ0v) is 15.6. The van der Waals surface area contributed by atoms with Gasteiger partial charge in [0.2, 0.25) is 0 Å². The zero-order chi connectivity index (χ0) is 18.8. The minimum atomic E-state index is -0.974. The Morgan fingerprint density at radius 3 is 2.62 bits per heavy atom. The molecule has 0 aromatic heterocycles. The molecule has 1 aliphatic heterocycles. The quantitative estimate of drug-likeness (QED) is 0.857. The van der Waals surface area contributed by atoms with Crippen LogP contribution in [0.4, 0.5) is 4.79 Å². The Morgan fingerprint density at radius 2 is 2.00 bits per heavy atom. The maximum Gasteiger partial charge on any atom is 0.411 e. The van der Waals surface area contributed by atoms with E-state index in [0.29, 0.717) is 17.9 Å². The third-order valence-corrected chi connectivity index (χ3v) is 5.47. The van der Waals surface area contributed by atoms with Crippen LogP contribution in [0.1, 0.15) is 49.7 Å². The molecule has 1 amide bonds. The zero-order valence-electron chi connectivity index (χ0n) is 15.6. The SMILES string of the molecule is COc1cc2c(c(OC)c1)C(C)C=C(C1CCCC(O)C1)N(C(=O)O)C2. The molecule has 1 fully saturated rings. The number of rotatable bonds is 3. The Kier molecular flexibility index (Phi) is 5.41. The van der Waals surface area contributed by atoms with E-state index in [4.69, 9.17) is 9.47 Å². The van der Waals surface area contributed by atoms with Crippen LogP contribution in [0.25, 0.3) is 0 Å². The molecule has 1 heterocycles. The van der Waals surface area contributed by atoms with Gasteiger partial charge in [-0.15, -0.1) is 0 Å². The highest BCUT2D eigenvalue weighted by Gasteiger charge is 2.33. The molecule has 2 aliphatic rings. The minimum absolute atomic E-state index is 0.00396. The number of ether oxygens (including phenoxy) is 2. The van der Waals surface area contributed by atoms with Crippen LogP contribution in [-0.2, 0) is 6.54 Å². The first kappa shape index (κ1) is 18.6. The summed E-state index contributed by atoms with van der Waals surface area (Å²) in [4.78, 5) is 13.4. The molecule has 1 aromatic carbocycles. The number of hydrogen-bond donors (Lipinski definition) is 2. The van der Waals surface area contributed by atoms with Gasteiger partial charge >= 0.3 is 6.09 Å². The third-order valence-electron chi connectivity index (χ3n) is 5.47. The highest BCUT2D eigenvalue weighted by molar-refractivity contribution is 5.69. The molecule has 2 N–H and O–H groups in total. The molecule has 3 rings (SSSR count). The van der Waals surface area contributed by atoms with Crippen LogP contribution in [0.3, 0.4) is 0 Å². The highest BCUT2D eigenvalue weighted by atomic mass is 16.5. The van der Waals surface area contributed by atoms with Crippen LogP contribution in [0, 0.1) is 5.92 Å². The average molecular weight is 361 g/mol. The molecule has 6 heteroatoms. The van der Waals surface area contributed by atoms with Crippen LogP contribution >= 0.6 is 0 Å². The van der Waals surface area contributed by atoms with Crippen LogP contribution in [0.2, 0.25) is 0 Å². The fraction of sp³-hybridized carbons (Fsp3) is 0.550. The normalized spacial score (nSPS) is 25.8. The molecule has 0 bridgehead atoms. The van der Waals surface area contributed by atoms with E-state index >= 15 is 0 Å². The number of aliphatic hydroxyl groups excluding tert-OH is 1. The molecule has 1 saturated carbocycles. The predicted octanol–water partition coefficient (Wildman–Crippen LogP) is 3.74. The van der Waals surface area contributed by atoms with Gasteiger partial charge in [0, 0.05) is 29.2 Å². The first-order valence-electron chi connectivity index (χ1n) is 9.09. The monoisotopic (exact) mass is 361 g/mol. The molecule has 3 unspecified atom stereocenters. The van der Waals surface area contributed by atoms with E-state index in [1.807, 2.05) is 18.2 Å².